The molecule has 0 aliphatic carbocycles. The normalized spacial score (nSPS) is 11.4. The summed E-state index contributed by atoms with van der Waals surface area (Å²) in [4.78, 5) is 0.0417. The van der Waals surface area contributed by atoms with Crippen molar-refractivity contribution in [1.82, 2.24) is 0 Å². The molecular formula is C13H10Br2ClNO2S. The lowest BCUT2D eigenvalue weighted by atomic mass is 10.2. The minimum atomic E-state index is -3.72. The highest BCUT2D eigenvalue weighted by Crippen LogP contribution is 2.28. The van der Waals surface area contributed by atoms with Gasteiger partial charge in [0.25, 0.3) is 10.0 Å². The van der Waals surface area contributed by atoms with Crippen LogP contribution in [0, 0.1) is 6.92 Å². The van der Waals surface area contributed by atoms with E-state index in [1.54, 1.807) is 24.3 Å². The first-order valence-electron chi connectivity index (χ1n) is 5.53. The number of aryl methyl sites for hydroxylation is 1. The molecule has 0 aromatic heterocycles. The maximum atomic E-state index is 12.3. The minimum absolute atomic E-state index is 0.0417. The Bertz CT molecular complexity index is 743. The van der Waals surface area contributed by atoms with Crippen molar-refractivity contribution in [3.63, 3.8) is 0 Å². The fraction of sp³-hybridized carbons (Fsp3) is 0.0769. The number of anilines is 1. The van der Waals surface area contributed by atoms with E-state index in [2.05, 4.69) is 36.6 Å². The van der Waals surface area contributed by atoms with Crippen molar-refractivity contribution in [1.29, 1.82) is 0 Å². The highest BCUT2D eigenvalue weighted by atomic mass is 79.9. The predicted molar refractivity (Wildman–Crippen MR) is 88.8 cm³/mol. The summed E-state index contributed by atoms with van der Waals surface area (Å²) >= 11 is 12.6. The molecule has 2 aromatic rings. The summed E-state index contributed by atoms with van der Waals surface area (Å²) in [7, 11) is -3.72. The summed E-state index contributed by atoms with van der Waals surface area (Å²) in [5.74, 6) is 0. The second kappa shape index (κ2) is 6.05. The lowest BCUT2D eigenvalue weighted by Gasteiger charge is -2.11. The molecule has 0 heterocycles. The Labute approximate surface area is 139 Å². The van der Waals surface area contributed by atoms with Crippen molar-refractivity contribution in [2.45, 2.75) is 11.8 Å². The first-order chi connectivity index (χ1) is 9.28. The largest absolute Gasteiger partial charge is 0.280 e. The number of rotatable bonds is 3. The SMILES string of the molecule is Cc1cc(Br)cc(NS(=O)(=O)c2ccc(Br)cc2Cl)c1. The number of hydrogen-bond acceptors (Lipinski definition) is 2. The smallest absolute Gasteiger partial charge is 0.263 e. The van der Waals surface area contributed by atoms with E-state index in [9.17, 15) is 8.42 Å². The topological polar surface area (TPSA) is 46.2 Å². The summed E-state index contributed by atoms with van der Waals surface area (Å²) in [6, 6.07) is 9.96. The van der Waals surface area contributed by atoms with Gasteiger partial charge in [-0.15, -0.1) is 0 Å². The molecule has 0 fully saturated rings. The highest BCUT2D eigenvalue weighted by molar-refractivity contribution is 9.10. The first-order valence-corrected chi connectivity index (χ1v) is 8.98. The van der Waals surface area contributed by atoms with Gasteiger partial charge in [0.15, 0.2) is 0 Å². The number of halogens is 3. The molecule has 0 aliphatic heterocycles. The van der Waals surface area contributed by atoms with Crippen molar-refractivity contribution in [2.75, 3.05) is 4.72 Å². The second-order valence-electron chi connectivity index (χ2n) is 4.20. The van der Waals surface area contributed by atoms with Gasteiger partial charge in [0, 0.05) is 8.95 Å². The molecule has 0 aliphatic rings. The van der Waals surface area contributed by atoms with E-state index in [0.717, 1.165) is 14.5 Å². The van der Waals surface area contributed by atoms with Gasteiger partial charge in [-0.1, -0.05) is 43.5 Å². The molecule has 0 saturated carbocycles. The molecule has 106 valence electrons. The lowest BCUT2D eigenvalue weighted by molar-refractivity contribution is 0.601. The van der Waals surface area contributed by atoms with Crippen LogP contribution < -0.4 is 4.72 Å². The molecule has 0 saturated heterocycles. The average molecular weight is 440 g/mol. The van der Waals surface area contributed by atoms with Crippen LogP contribution in [0.5, 0.6) is 0 Å². The third-order valence-corrected chi connectivity index (χ3v) is 5.29. The molecule has 0 radical (unpaired) electrons. The summed E-state index contributed by atoms with van der Waals surface area (Å²) in [5.41, 5.74) is 1.43. The van der Waals surface area contributed by atoms with Crippen LogP contribution in [0.4, 0.5) is 5.69 Å². The summed E-state index contributed by atoms with van der Waals surface area (Å²) in [6.07, 6.45) is 0. The standard InChI is InChI=1S/C13H10Br2ClNO2S/c1-8-4-10(15)6-11(5-8)17-20(18,19)13-3-2-9(14)7-12(13)16/h2-7,17H,1H3. The third kappa shape index (κ3) is 3.75. The Morgan fingerprint density at radius 3 is 2.35 bits per heavy atom. The molecule has 20 heavy (non-hydrogen) atoms. The monoisotopic (exact) mass is 437 g/mol. The van der Waals surface area contributed by atoms with Crippen molar-refractivity contribution >= 4 is 59.2 Å². The Hall–Kier alpha value is -0.560. The van der Waals surface area contributed by atoms with E-state index < -0.39 is 10.0 Å². The lowest BCUT2D eigenvalue weighted by Crippen LogP contribution is -2.13. The summed E-state index contributed by atoms with van der Waals surface area (Å²) in [6.45, 7) is 1.88. The van der Waals surface area contributed by atoms with Gasteiger partial charge in [-0.3, -0.25) is 4.72 Å². The molecule has 0 spiro atoms. The first kappa shape index (κ1) is 15.8. The molecular weight excluding hydrogens is 429 g/mol. The van der Waals surface area contributed by atoms with Gasteiger partial charge in [0.2, 0.25) is 0 Å². The summed E-state index contributed by atoms with van der Waals surface area (Å²) < 4.78 is 28.7. The van der Waals surface area contributed by atoms with Gasteiger partial charge in [-0.2, -0.15) is 0 Å². The average Bonchev–Trinajstić information content (AvgIpc) is 2.25. The Morgan fingerprint density at radius 2 is 1.75 bits per heavy atom. The van der Waals surface area contributed by atoms with Gasteiger partial charge >= 0.3 is 0 Å². The quantitative estimate of drug-likeness (QED) is 0.734. The van der Waals surface area contributed by atoms with Crippen LogP contribution in [0.25, 0.3) is 0 Å². The van der Waals surface area contributed by atoms with E-state index in [1.165, 1.54) is 6.07 Å². The van der Waals surface area contributed by atoms with Crippen molar-refractivity contribution in [3.05, 3.63) is 55.9 Å². The predicted octanol–water partition coefficient (Wildman–Crippen LogP) is 4.97. The van der Waals surface area contributed by atoms with Crippen LogP contribution in [0.1, 0.15) is 5.56 Å². The van der Waals surface area contributed by atoms with Gasteiger partial charge in [-0.05, 0) is 48.9 Å². The van der Waals surface area contributed by atoms with Gasteiger partial charge < -0.3 is 0 Å². The van der Waals surface area contributed by atoms with E-state index in [4.69, 9.17) is 11.6 Å². The van der Waals surface area contributed by atoms with E-state index in [1.807, 2.05) is 13.0 Å². The maximum absolute atomic E-state index is 12.3. The van der Waals surface area contributed by atoms with E-state index in [-0.39, 0.29) is 9.92 Å². The number of nitrogens with one attached hydrogen (secondary N) is 1. The summed E-state index contributed by atoms with van der Waals surface area (Å²) in [5, 5.41) is 0.165. The Morgan fingerprint density at radius 1 is 1.05 bits per heavy atom. The zero-order chi connectivity index (χ0) is 14.9. The molecule has 3 nitrogen and oxygen atoms in total. The van der Waals surface area contributed by atoms with Crippen molar-refractivity contribution in [3.8, 4) is 0 Å². The van der Waals surface area contributed by atoms with E-state index >= 15 is 0 Å². The molecule has 0 bridgehead atoms. The number of sulfonamides is 1. The van der Waals surface area contributed by atoms with Crippen molar-refractivity contribution in [2.24, 2.45) is 0 Å². The molecule has 0 unspecified atom stereocenters. The van der Waals surface area contributed by atoms with Crippen LogP contribution in [0.2, 0.25) is 5.02 Å². The molecule has 2 aromatic carbocycles. The Balaban J connectivity index is 2.40. The highest BCUT2D eigenvalue weighted by Gasteiger charge is 2.18. The van der Waals surface area contributed by atoms with Crippen LogP contribution in [0.3, 0.4) is 0 Å². The molecule has 0 atom stereocenters. The van der Waals surface area contributed by atoms with Gasteiger partial charge in [-0.25, -0.2) is 8.42 Å². The van der Waals surface area contributed by atoms with Gasteiger partial charge in [0.1, 0.15) is 4.90 Å². The second-order valence-corrected chi connectivity index (χ2v) is 8.09. The zero-order valence-electron chi connectivity index (χ0n) is 10.3. The van der Waals surface area contributed by atoms with Crippen LogP contribution in [-0.4, -0.2) is 8.42 Å². The van der Waals surface area contributed by atoms with Crippen LogP contribution in [-0.2, 0) is 10.0 Å². The van der Waals surface area contributed by atoms with Crippen LogP contribution >= 0.6 is 43.5 Å². The van der Waals surface area contributed by atoms with Gasteiger partial charge in [0.05, 0.1) is 10.7 Å². The fourth-order valence-corrected chi connectivity index (χ4v) is 4.39. The minimum Gasteiger partial charge on any atom is -0.280 e. The van der Waals surface area contributed by atoms with E-state index in [0.29, 0.717) is 5.69 Å². The number of benzene rings is 2. The van der Waals surface area contributed by atoms with Crippen molar-refractivity contribution < 1.29 is 8.42 Å². The number of hydrogen-bond donors (Lipinski definition) is 1. The molecule has 0 amide bonds. The molecule has 2 rings (SSSR count). The van der Waals surface area contributed by atoms with Crippen LogP contribution in [0.15, 0.2) is 50.2 Å². The third-order valence-electron chi connectivity index (χ3n) is 2.48. The Kier molecular flexibility index (Phi) is 4.79. The molecule has 1 N–H and O–H groups in total. The fourth-order valence-electron chi connectivity index (χ4n) is 1.70. The molecule has 7 heteroatoms. The maximum Gasteiger partial charge on any atom is 0.263 e. The zero-order valence-corrected chi connectivity index (χ0v) is 15.1.